The number of rotatable bonds is 8. The van der Waals surface area contributed by atoms with Crippen molar-refractivity contribution in [2.45, 2.75) is 38.9 Å². The smallest absolute Gasteiger partial charge is 0.242 e. The Labute approximate surface area is 124 Å². The molecule has 1 aromatic carbocycles. The molecule has 0 atom stereocenters. The summed E-state index contributed by atoms with van der Waals surface area (Å²) in [6, 6.07) is 8.05. The second-order valence-corrected chi connectivity index (χ2v) is 10.2. The van der Waals surface area contributed by atoms with E-state index in [2.05, 4.69) is 44.4 Å². The molecule has 0 aromatic heterocycles. The molecule has 0 aliphatic carbocycles. The van der Waals surface area contributed by atoms with Gasteiger partial charge in [-0.25, -0.2) is 0 Å². The number of ether oxygens (including phenoxy) is 1. The number of benzene rings is 1. The molecule has 0 amide bonds. The molecule has 2 nitrogen and oxygen atoms in total. The van der Waals surface area contributed by atoms with E-state index in [4.69, 9.17) is 9.16 Å². The van der Waals surface area contributed by atoms with Crippen molar-refractivity contribution >= 4 is 14.1 Å². The number of unbranched alkanes of at least 4 members (excludes halogenated alkanes) is 2. The molecule has 0 N–H and O–H groups in total. The lowest BCUT2D eigenvalue weighted by atomic mass is 10.1. The lowest BCUT2D eigenvalue weighted by Gasteiger charge is -2.22. The van der Waals surface area contributed by atoms with Crippen LogP contribution in [0.3, 0.4) is 0 Å². The minimum Gasteiger partial charge on any atom is -0.544 e. The molecule has 0 aliphatic rings. The minimum atomic E-state index is -1.61. The van der Waals surface area contributed by atoms with E-state index in [-0.39, 0.29) is 0 Å². The maximum atomic E-state index is 6.21. The van der Waals surface area contributed by atoms with Gasteiger partial charge in [0.25, 0.3) is 0 Å². The normalized spacial score (nSPS) is 12.1. The van der Waals surface area contributed by atoms with Crippen LogP contribution in [0.4, 0.5) is 0 Å². The summed E-state index contributed by atoms with van der Waals surface area (Å²) in [5.41, 5.74) is 1.12. The van der Waals surface area contributed by atoms with Crippen LogP contribution in [0.5, 0.6) is 5.75 Å². The fourth-order valence-electron chi connectivity index (χ4n) is 1.80. The lowest BCUT2D eigenvalue weighted by molar-refractivity contribution is 0.414. The molecule has 0 aliphatic heterocycles. The van der Waals surface area contributed by atoms with Crippen LogP contribution < -0.4 is 4.74 Å². The van der Waals surface area contributed by atoms with Gasteiger partial charge < -0.3 is 9.16 Å². The third kappa shape index (κ3) is 6.11. The second-order valence-electron chi connectivity index (χ2n) is 5.73. The van der Waals surface area contributed by atoms with Crippen molar-refractivity contribution in [2.75, 3.05) is 7.11 Å². The molecular formula is C17H26O2Si. The Hall–Kier alpha value is -1.48. The summed E-state index contributed by atoms with van der Waals surface area (Å²) < 4.78 is 11.4. The maximum absolute atomic E-state index is 6.21. The number of hydrogen-bond acceptors (Lipinski definition) is 2. The molecule has 0 unspecified atom stereocenters. The van der Waals surface area contributed by atoms with Crippen LogP contribution in [0, 0.1) is 0 Å². The van der Waals surface area contributed by atoms with E-state index in [1.165, 1.54) is 0 Å². The fourth-order valence-corrected chi connectivity index (χ4v) is 2.66. The first kappa shape index (κ1) is 16.6. The summed E-state index contributed by atoms with van der Waals surface area (Å²) in [5.74, 6) is 1.86. The highest BCUT2D eigenvalue weighted by molar-refractivity contribution is 6.70. The standard InChI is InChI=1S/C17H26O2Si/c1-6-7-8-9-10-17(19-20(3,4)5)15-11-13-16(18-2)14-12-15/h6,10-14H,1,7-9H2,2-5H3/b17-10-. The third-order valence-electron chi connectivity index (χ3n) is 2.73. The minimum absolute atomic E-state index is 0.868. The molecule has 1 rings (SSSR count). The highest BCUT2D eigenvalue weighted by Crippen LogP contribution is 2.24. The van der Waals surface area contributed by atoms with Crippen molar-refractivity contribution < 1.29 is 9.16 Å². The molecule has 0 saturated carbocycles. The van der Waals surface area contributed by atoms with Gasteiger partial charge in [0.1, 0.15) is 11.5 Å². The Kier molecular flexibility index (Phi) is 6.59. The van der Waals surface area contributed by atoms with Gasteiger partial charge in [0.15, 0.2) is 0 Å². The predicted octanol–water partition coefficient (Wildman–Crippen LogP) is 5.24. The topological polar surface area (TPSA) is 18.5 Å². The molecule has 0 saturated heterocycles. The van der Waals surface area contributed by atoms with Crippen LogP contribution >= 0.6 is 0 Å². The summed E-state index contributed by atoms with van der Waals surface area (Å²) in [5, 5.41) is 0. The Morgan fingerprint density at radius 1 is 1.15 bits per heavy atom. The van der Waals surface area contributed by atoms with Crippen LogP contribution in [-0.2, 0) is 4.43 Å². The van der Waals surface area contributed by atoms with E-state index < -0.39 is 8.32 Å². The molecular weight excluding hydrogens is 264 g/mol. The fraction of sp³-hybridized carbons (Fsp3) is 0.412. The molecule has 0 radical (unpaired) electrons. The monoisotopic (exact) mass is 290 g/mol. The van der Waals surface area contributed by atoms with Crippen molar-refractivity contribution in [3.63, 3.8) is 0 Å². The summed E-state index contributed by atoms with van der Waals surface area (Å²) in [6.45, 7) is 10.4. The maximum Gasteiger partial charge on any atom is 0.242 e. The molecule has 1 aromatic rings. The van der Waals surface area contributed by atoms with E-state index in [9.17, 15) is 0 Å². The Bertz CT molecular complexity index is 441. The molecule has 110 valence electrons. The zero-order chi connectivity index (χ0) is 15.0. The van der Waals surface area contributed by atoms with Gasteiger partial charge in [-0.1, -0.05) is 6.08 Å². The third-order valence-corrected chi connectivity index (χ3v) is 3.57. The van der Waals surface area contributed by atoms with Crippen LogP contribution in [-0.4, -0.2) is 15.4 Å². The van der Waals surface area contributed by atoms with Crippen LogP contribution in [0.1, 0.15) is 24.8 Å². The summed E-state index contributed by atoms with van der Waals surface area (Å²) in [4.78, 5) is 0. The molecule has 0 fully saturated rings. The van der Waals surface area contributed by atoms with E-state index >= 15 is 0 Å². The van der Waals surface area contributed by atoms with E-state index in [1.807, 2.05) is 18.2 Å². The van der Waals surface area contributed by atoms with Crippen molar-refractivity contribution in [3.05, 3.63) is 48.6 Å². The zero-order valence-corrected chi connectivity index (χ0v) is 14.1. The van der Waals surface area contributed by atoms with Gasteiger partial charge in [0.05, 0.1) is 7.11 Å². The van der Waals surface area contributed by atoms with Gasteiger partial charge in [-0.2, -0.15) is 0 Å². The largest absolute Gasteiger partial charge is 0.544 e. The first-order valence-electron chi connectivity index (χ1n) is 7.11. The van der Waals surface area contributed by atoms with E-state index in [0.717, 1.165) is 36.3 Å². The number of hydrogen-bond donors (Lipinski definition) is 0. The Morgan fingerprint density at radius 3 is 2.30 bits per heavy atom. The average molecular weight is 290 g/mol. The first-order chi connectivity index (χ1) is 9.46. The average Bonchev–Trinajstić information content (AvgIpc) is 2.41. The van der Waals surface area contributed by atoms with Crippen molar-refractivity contribution in [1.29, 1.82) is 0 Å². The van der Waals surface area contributed by atoms with Crippen LogP contribution in [0.25, 0.3) is 5.76 Å². The van der Waals surface area contributed by atoms with Crippen LogP contribution in [0.15, 0.2) is 43.0 Å². The van der Waals surface area contributed by atoms with Gasteiger partial charge in [-0.15, -0.1) is 6.58 Å². The summed E-state index contributed by atoms with van der Waals surface area (Å²) in [7, 11) is 0.0670. The van der Waals surface area contributed by atoms with Crippen molar-refractivity contribution in [2.24, 2.45) is 0 Å². The van der Waals surface area contributed by atoms with Gasteiger partial charge in [-0.05, 0) is 69.2 Å². The summed E-state index contributed by atoms with van der Waals surface area (Å²) >= 11 is 0. The van der Waals surface area contributed by atoms with E-state index in [1.54, 1.807) is 7.11 Å². The quantitative estimate of drug-likeness (QED) is 0.282. The second kappa shape index (κ2) is 7.95. The zero-order valence-electron chi connectivity index (χ0n) is 13.1. The summed E-state index contributed by atoms with van der Waals surface area (Å²) in [6.07, 6.45) is 7.32. The van der Waals surface area contributed by atoms with Gasteiger partial charge in [-0.3, -0.25) is 0 Å². The molecule has 3 heteroatoms. The van der Waals surface area contributed by atoms with Gasteiger partial charge >= 0.3 is 0 Å². The first-order valence-corrected chi connectivity index (χ1v) is 10.5. The van der Waals surface area contributed by atoms with E-state index in [0.29, 0.717) is 0 Å². The number of allylic oxidation sites excluding steroid dienone is 2. The highest BCUT2D eigenvalue weighted by atomic mass is 28.4. The molecule has 0 heterocycles. The number of methoxy groups -OCH3 is 1. The van der Waals surface area contributed by atoms with Gasteiger partial charge in [0.2, 0.25) is 8.32 Å². The molecule has 20 heavy (non-hydrogen) atoms. The highest BCUT2D eigenvalue weighted by Gasteiger charge is 2.18. The van der Waals surface area contributed by atoms with Crippen LogP contribution in [0.2, 0.25) is 19.6 Å². The molecule has 0 bridgehead atoms. The lowest BCUT2D eigenvalue weighted by Crippen LogP contribution is -2.24. The molecule has 0 spiro atoms. The van der Waals surface area contributed by atoms with Crippen molar-refractivity contribution in [1.82, 2.24) is 0 Å². The predicted molar refractivity (Wildman–Crippen MR) is 89.5 cm³/mol. The SMILES string of the molecule is C=CCCC/C=C(\O[Si](C)(C)C)c1ccc(OC)cc1. The Balaban J connectivity index is 2.87. The van der Waals surface area contributed by atoms with Gasteiger partial charge in [0, 0.05) is 5.56 Å². The Morgan fingerprint density at radius 2 is 1.80 bits per heavy atom. The van der Waals surface area contributed by atoms with Crippen molar-refractivity contribution in [3.8, 4) is 5.75 Å².